The number of amides is 2. The molecular weight excluding hydrogens is 392 g/mol. The maximum atomic E-state index is 12.6. The van der Waals surface area contributed by atoms with E-state index in [4.69, 9.17) is 4.74 Å². The van der Waals surface area contributed by atoms with Crippen LogP contribution in [0.4, 0.5) is 11.4 Å². The first-order valence-electron chi connectivity index (χ1n) is 9.69. The van der Waals surface area contributed by atoms with Crippen LogP contribution in [0.15, 0.2) is 97.6 Å². The molecule has 0 aromatic heterocycles. The van der Waals surface area contributed by atoms with Gasteiger partial charge in [-0.25, -0.2) is 4.79 Å². The molecule has 0 heterocycles. The summed E-state index contributed by atoms with van der Waals surface area (Å²) < 4.78 is 5.25. The predicted molar refractivity (Wildman–Crippen MR) is 120 cm³/mol. The first-order valence-corrected chi connectivity index (χ1v) is 9.69. The van der Waals surface area contributed by atoms with Crippen molar-refractivity contribution in [3.63, 3.8) is 0 Å². The van der Waals surface area contributed by atoms with Crippen molar-refractivity contribution in [2.45, 2.75) is 0 Å². The Morgan fingerprint density at radius 3 is 2.16 bits per heavy atom. The molecule has 6 nitrogen and oxygen atoms in total. The molecule has 0 aliphatic carbocycles. The summed E-state index contributed by atoms with van der Waals surface area (Å²) in [5.41, 5.74) is 1.61. The largest absolute Gasteiger partial charge is 0.452 e. The third-order valence-electron chi connectivity index (χ3n) is 4.44. The number of esters is 1. The van der Waals surface area contributed by atoms with Crippen LogP contribution in [-0.4, -0.2) is 30.9 Å². The highest BCUT2D eigenvalue weighted by molar-refractivity contribution is 6.08. The van der Waals surface area contributed by atoms with E-state index in [1.807, 2.05) is 24.3 Å². The Bertz CT molecular complexity index is 1070. The van der Waals surface area contributed by atoms with Crippen LogP contribution in [0, 0.1) is 0 Å². The smallest absolute Gasteiger partial charge is 0.340 e. The van der Waals surface area contributed by atoms with Gasteiger partial charge in [-0.3, -0.25) is 9.59 Å². The van der Waals surface area contributed by atoms with E-state index in [1.54, 1.807) is 60.7 Å². The molecule has 0 unspecified atom stereocenters. The van der Waals surface area contributed by atoms with E-state index in [0.29, 0.717) is 16.9 Å². The minimum atomic E-state index is -0.705. The fraction of sp³-hybridized carbons (Fsp3) is 0.0800. The van der Waals surface area contributed by atoms with Gasteiger partial charge in [0, 0.05) is 17.8 Å². The molecule has 0 radical (unpaired) electrons. The van der Waals surface area contributed by atoms with Gasteiger partial charge in [-0.05, 0) is 36.4 Å². The summed E-state index contributed by atoms with van der Waals surface area (Å²) in [6, 6.07) is 24.2. The van der Waals surface area contributed by atoms with Gasteiger partial charge in [-0.15, -0.1) is 6.58 Å². The Morgan fingerprint density at radius 1 is 0.871 bits per heavy atom. The molecule has 31 heavy (non-hydrogen) atoms. The fourth-order valence-electron chi connectivity index (χ4n) is 2.93. The van der Waals surface area contributed by atoms with Gasteiger partial charge in [-0.1, -0.05) is 54.6 Å². The van der Waals surface area contributed by atoms with Gasteiger partial charge in [0.1, 0.15) is 0 Å². The lowest BCUT2D eigenvalue weighted by molar-refractivity contribution is -0.121. The number of hydrogen-bond donors (Lipinski definition) is 1. The van der Waals surface area contributed by atoms with Gasteiger partial charge in [-0.2, -0.15) is 0 Å². The quantitative estimate of drug-likeness (QED) is 0.440. The van der Waals surface area contributed by atoms with Crippen molar-refractivity contribution in [1.29, 1.82) is 0 Å². The number of hydrogen-bond acceptors (Lipinski definition) is 4. The second kappa shape index (κ2) is 10.5. The zero-order valence-electron chi connectivity index (χ0n) is 16.9. The molecule has 1 N–H and O–H groups in total. The monoisotopic (exact) mass is 414 g/mol. The van der Waals surface area contributed by atoms with E-state index in [-0.39, 0.29) is 23.9 Å². The second-order valence-electron chi connectivity index (χ2n) is 6.57. The van der Waals surface area contributed by atoms with Crippen LogP contribution in [0.1, 0.15) is 20.7 Å². The van der Waals surface area contributed by atoms with E-state index in [0.717, 1.165) is 0 Å². The molecule has 156 valence electrons. The lowest BCUT2D eigenvalue weighted by Gasteiger charge is -2.21. The van der Waals surface area contributed by atoms with Gasteiger partial charge in [0.05, 0.1) is 11.3 Å². The normalized spacial score (nSPS) is 10.1. The van der Waals surface area contributed by atoms with Crippen LogP contribution in [0.25, 0.3) is 0 Å². The van der Waals surface area contributed by atoms with Crippen molar-refractivity contribution in [1.82, 2.24) is 0 Å². The maximum Gasteiger partial charge on any atom is 0.340 e. The molecule has 0 atom stereocenters. The van der Waals surface area contributed by atoms with Crippen LogP contribution in [0.2, 0.25) is 0 Å². The van der Waals surface area contributed by atoms with Crippen molar-refractivity contribution in [3.05, 3.63) is 109 Å². The Morgan fingerprint density at radius 2 is 1.48 bits per heavy atom. The fourth-order valence-corrected chi connectivity index (χ4v) is 2.93. The van der Waals surface area contributed by atoms with E-state index >= 15 is 0 Å². The molecule has 0 saturated carbocycles. The zero-order chi connectivity index (χ0) is 22.1. The molecule has 6 heteroatoms. The number of carbonyl (C=O) groups excluding carboxylic acids is 3. The Balaban J connectivity index is 1.68. The number of nitrogens with one attached hydrogen (secondary N) is 1. The number of carbonyl (C=O) groups is 3. The molecule has 3 aromatic carbocycles. The van der Waals surface area contributed by atoms with Crippen molar-refractivity contribution >= 4 is 29.2 Å². The zero-order valence-corrected chi connectivity index (χ0v) is 16.9. The lowest BCUT2D eigenvalue weighted by atomic mass is 10.1. The Kier molecular flexibility index (Phi) is 7.32. The average Bonchev–Trinajstić information content (AvgIpc) is 2.82. The molecule has 0 fully saturated rings. The summed E-state index contributed by atoms with van der Waals surface area (Å²) in [4.78, 5) is 39.2. The second-order valence-corrected chi connectivity index (χ2v) is 6.57. The number of nitrogens with zero attached hydrogens (tertiary/aromatic N) is 1. The van der Waals surface area contributed by atoms with Crippen LogP contribution >= 0.6 is 0 Å². The summed E-state index contributed by atoms with van der Waals surface area (Å²) in [7, 11) is 0. The first-order chi connectivity index (χ1) is 15.1. The summed E-state index contributed by atoms with van der Waals surface area (Å²) in [6.45, 7) is 3.51. The standard InChI is InChI=1S/C25H22N2O4/c1-2-17-27(20-13-7-4-8-14-20)23(28)18-31-25(30)21-15-9-10-16-22(21)26-24(29)19-11-5-3-6-12-19/h2-16H,1,17-18H2,(H,26,29). The number of anilines is 2. The van der Waals surface area contributed by atoms with Crippen LogP contribution in [0.5, 0.6) is 0 Å². The first kappa shape index (κ1) is 21.5. The topological polar surface area (TPSA) is 75.7 Å². The van der Waals surface area contributed by atoms with Gasteiger partial charge < -0.3 is 15.0 Å². The van der Waals surface area contributed by atoms with Crippen LogP contribution in [-0.2, 0) is 9.53 Å². The van der Waals surface area contributed by atoms with Crippen molar-refractivity contribution in [2.75, 3.05) is 23.4 Å². The molecule has 0 aliphatic rings. The molecule has 2 amide bonds. The summed E-state index contributed by atoms with van der Waals surface area (Å²) in [5.74, 6) is -1.44. The highest BCUT2D eigenvalue weighted by atomic mass is 16.5. The predicted octanol–water partition coefficient (Wildman–Crippen LogP) is 4.31. The van der Waals surface area contributed by atoms with E-state index in [1.165, 1.54) is 11.0 Å². The van der Waals surface area contributed by atoms with Gasteiger partial charge in [0.25, 0.3) is 11.8 Å². The molecular formula is C25H22N2O4. The SMILES string of the molecule is C=CCN(C(=O)COC(=O)c1ccccc1NC(=O)c1ccccc1)c1ccccc1. The maximum absolute atomic E-state index is 12.6. The Labute approximate surface area is 180 Å². The lowest BCUT2D eigenvalue weighted by Crippen LogP contribution is -2.35. The third-order valence-corrected chi connectivity index (χ3v) is 4.44. The molecule has 3 rings (SSSR count). The average molecular weight is 414 g/mol. The number of benzene rings is 3. The number of rotatable bonds is 8. The summed E-state index contributed by atoms with van der Waals surface area (Å²) in [6.07, 6.45) is 1.60. The summed E-state index contributed by atoms with van der Waals surface area (Å²) in [5, 5.41) is 2.72. The summed E-state index contributed by atoms with van der Waals surface area (Å²) >= 11 is 0. The number of para-hydroxylation sites is 2. The Hall–Kier alpha value is -4.19. The minimum Gasteiger partial charge on any atom is -0.452 e. The van der Waals surface area contributed by atoms with Gasteiger partial charge in [0.15, 0.2) is 6.61 Å². The third kappa shape index (κ3) is 5.67. The molecule has 0 aliphatic heterocycles. The van der Waals surface area contributed by atoms with Crippen LogP contribution < -0.4 is 10.2 Å². The highest BCUT2D eigenvalue weighted by Gasteiger charge is 2.19. The van der Waals surface area contributed by atoms with Crippen LogP contribution in [0.3, 0.4) is 0 Å². The van der Waals surface area contributed by atoms with Crippen molar-refractivity contribution in [3.8, 4) is 0 Å². The molecule has 3 aromatic rings. The number of ether oxygens (including phenoxy) is 1. The van der Waals surface area contributed by atoms with Crippen molar-refractivity contribution in [2.24, 2.45) is 0 Å². The van der Waals surface area contributed by atoms with E-state index in [2.05, 4.69) is 11.9 Å². The van der Waals surface area contributed by atoms with E-state index in [9.17, 15) is 14.4 Å². The molecule has 0 bridgehead atoms. The van der Waals surface area contributed by atoms with E-state index < -0.39 is 12.6 Å². The van der Waals surface area contributed by atoms with Crippen molar-refractivity contribution < 1.29 is 19.1 Å². The minimum absolute atomic E-state index is 0.162. The molecule has 0 saturated heterocycles. The molecule has 0 spiro atoms. The van der Waals surface area contributed by atoms with Gasteiger partial charge >= 0.3 is 5.97 Å². The van der Waals surface area contributed by atoms with Gasteiger partial charge in [0.2, 0.25) is 0 Å². The highest BCUT2D eigenvalue weighted by Crippen LogP contribution is 2.18.